The van der Waals surface area contributed by atoms with E-state index in [1.165, 1.54) is 0 Å². The van der Waals surface area contributed by atoms with E-state index in [9.17, 15) is 13.0 Å². The number of hydrogen-bond acceptors (Lipinski definition) is 2. The van der Waals surface area contributed by atoms with Crippen molar-refractivity contribution in [3.8, 4) is 0 Å². The summed E-state index contributed by atoms with van der Waals surface area (Å²) in [5.41, 5.74) is 1.98. The van der Waals surface area contributed by atoms with Crippen molar-refractivity contribution in [3.05, 3.63) is 41.0 Å². The van der Waals surface area contributed by atoms with Crippen molar-refractivity contribution in [3.63, 3.8) is 0 Å². The largest absolute Gasteiger partial charge is 1.00 e. The van der Waals surface area contributed by atoms with E-state index in [4.69, 9.17) is 0 Å². The fourth-order valence-electron chi connectivity index (χ4n) is 3.92. The van der Waals surface area contributed by atoms with Crippen LogP contribution in [-0.2, 0) is 26.4 Å². The Bertz CT molecular complexity index is 960. The van der Waals surface area contributed by atoms with E-state index in [-0.39, 0.29) is 46.7 Å². The summed E-state index contributed by atoms with van der Waals surface area (Å²) < 4.78 is 35.2. The standard InChI is InChI=1S/C22H32O3S.Na.H/c1-20(2,3)16-14-12-10-11-13-15(14)19(26(23,24)25)18(22(7,8)9)17(16)21(4,5)6;;/h10-13H,1-9H3,(H,23,24,25);;/q;+1;-1. The average molecular weight is 401 g/mol. The van der Waals surface area contributed by atoms with Crippen molar-refractivity contribution >= 4 is 20.9 Å². The van der Waals surface area contributed by atoms with Gasteiger partial charge in [0, 0.05) is 5.39 Å². The number of rotatable bonds is 1. The Balaban J connectivity index is 0.00000364. The second-order valence-corrected chi connectivity index (χ2v) is 11.6. The predicted octanol–water partition coefficient (Wildman–Crippen LogP) is 3.10. The van der Waals surface area contributed by atoms with Gasteiger partial charge >= 0.3 is 29.6 Å². The third-order valence-corrected chi connectivity index (χ3v) is 5.62. The first-order valence-corrected chi connectivity index (χ1v) is 10.5. The molecule has 0 unspecified atom stereocenters. The molecule has 146 valence electrons. The van der Waals surface area contributed by atoms with Crippen LogP contribution in [0, 0.1) is 0 Å². The van der Waals surface area contributed by atoms with Gasteiger partial charge in [0.05, 0.1) is 0 Å². The summed E-state index contributed by atoms with van der Waals surface area (Å²) in [6.45, 7) is 18.8. The Morgan fingerprint density at radius 3 is 1.41 bits per heavy atom. The van der Waals surface area contributed by atoms with Crippen molar-refractivity contribution in [2.75, 3.05) is 0 Å². The van der Waals surface area contributed by atoms with Gasteiger partial charge in [0.2, 0.25) is 0 Å². The van der Waals surface area contributed by atoms with Crippen LogP contribution in [0.3, 0.4) is 0 Å². The van der Waals surface area contributed by atoms with E-state index in [0.717, 1.165) is 22.1 Å². The maximum atomic E-state index is 12.5. The molecule has 27 heavy (non-hydrogen) atoms. The first kappa shape index (κ1) is 24.6. The van der Waals surface area contributed by atoms with Gasteiger partial charge in [0.1, 0.15) is 4.90 Å². The fraction of sp³-hybridized carbons (Fsp3) is 0.545. The topological polar surface area (TPSA) is 54.4 Å². The average Bonchev–Trinajstić information content (AvgIpc) is 2.40. The summed E-state index contributed by atoms with van der Waals surface area (Å²) in [6, 6.07) is 7.52. The van der Waals surface area contributed by atoms with E-state index in [1.54, 1.807) is 6.07 Å². The molecule has 0 saturated heterocycles. The van der Waals surface area contributed by atoms with Gasteiger partial charge in [0.15, 0.2) is 0 Å². The molecule has 0 fully saturated rings. The van der Waals surface area contributed by atoms with E-state index in [1.807, 2.05) is 39.0 Å². The molecule has 0 radical (unpaired) electrons. The monoisotopic (exact) mass is 400 g/mol. The van der Waals surface area contributed by atoms with Crippen LogP contribution >= 0.6 is 0 Å². The Kier molecular flexibility index (Phi) is 6.81. The normalized spacial score (nSPS) is 13.6. The van der Waals surface area contributed by atoms with Crippen LogP contribution in [0.5, 0.6) is 0 Å². The van der Waals surface area contributed by atoms with Crippen LogP contribution in [0.25, 0.3) is 10.8 Å². The molecule has 0 saturated carbocycles. The molecule has 0 spiro atoms. The van der Waals surface area contributed by atoms with Crippen LogP contribution in [0.15, 0.2) is 29.2 Å². The molecule has 2 aromatic rings. The molecule has 0 bridgehead atoms. The molecule has 3 nitrogen and oxygen atoms in total. The van der Waals surface area contributed by atoms with Crippen LogP contribution in [0.1, 0.15) is 80.4 Å². The Labute approximate surface area is 188 Å². The molecule has 2 aromatic carbocycles. The first-order chi connectivity index (χ1) is 11.5. The number of benzene rings is 2. The van der Waals surface area contributed by atoms with Crippen LogP contribution < -0.4 is 29.6 Å². The minimum atomic E-state index is -4.39. The van der Waals surface area contributed by atoms with Crippen LogP contribution in [0.4, 0.5) is 0 Å². The number of fused-ring (bicyclic) bond motifs is 1. The third kappa shape index (κ3) is 4.79. The van der Waals surface area contributed by atoms with Crippen molar-refractivity contribution < 1.29 is 44.0 Å². The van der Waals surface area contributed by atoms with Crippen molar-refractivity contribution in [2.24, 2.45) is 0 Å². The molecule has 0 aromatic heterocycles. The molecular weight excluding hydrogens is 367 g/mol. The van der Waals surface area contributed by atoms with Gasteiger partial charge in [0.25, 0.3) is 10.1 Å². The predicted molar refractivity (Wildman–Crippen MR) is 111 cm³/mol. The van der Waals surface area contributed by atoms with Gasteiger partial charge in [-0.2, -0.15) is 8.42 Å². The minimum Gasteiger partial charge on any atom is -1.00 e. The van der Waals surface area contributed by atoms with E-state index in [2.05, 4.69) is 41.5 Å². The molecule has 0 aliphatic rings. The van der Waals surface area contributed by atoms with E-state index >= 15 is 0 Å². The maximum absolute atomic E-state index is 12.5. The van der Waals surface area contributed by atoms with Gasteiger partial charge in [-0.3, -0.25) is 4.55 Å². The molecular formula is C22H33NaO3S. The Morgan fingerprint density at radius 1 is 0.704 bits per heavy atom. The summed E-state index contributed by atoms with van der Waals surface area (Å²) in [5.74, 6) is 0. The zero-order valence-corrected chi connectivity index (χ0v) is 21.3. The zero-order valence-electron chi connectivity index (χ0n) is 19.5. The second-order valence-electron chi connectivity index (χ2n) is 10.2. The van der Waals surface area contributed by atoms with Crippen molar-refractivity contribution in [1.82, 2.24) is 0 Å². The summed E-state index contributed by atoms with van der Waals surface area (Å²) in [4.78, 5) is 0.0542. The zero-order chi connectivity index (χ0) is 20.3. The molecule has 0 aliphatic heterocycles. The summed E-state index contributed by atoms with van der Waals surface area (Å²) in [6.07, 6.45) is 0. The third-order valence-electron chi connectivity index (χ3n) is 4.68. The smallest absolute Gasteiger partial charge is 1.00 e. The van der Waals surface area contributed by atoms with E-state index < -0.39 is 15.5 Å². The van der Waals surface area contributed by atoms with Crippen LogP contribution in [-0.4, -0.2) is 13.0 Å². The molecule has 2 rings (SSSR count). The van der Waals surface area contributed by atoms with Gasteiger partial charge in [-0.25, -0.2) is 0 Å². The van der Waals surface area contributed by atoms with Crippen molar-refractivity contribution in [1.29, 1.82) is 0 Å². The second kappa shape index (κ2) is 7.46. The van der Waals surface area contributed by atoms with E-state index in [0.29, 0.717) is 5.39 Å². The van der Waals surface area contributed by atoms with Gasteiger partial charge < -0.3 is 1.43 Å². The summed E-state index contributed by atoms with van der Waals surface area (Å²) in [7, 11) is -4.39. The molecule has 0 amide bonds. The molecule has 0 atom stereocenters. The molecule has 5 heteroatoms. The molecule has 0 heterocycles. The SMILES string of the molecule is CC(C)(C)c1c(C(C)(C)C)c(S(=O)(=O)O)c2ccccc2c1C(C)(C)C.[H-].[Na+]. The Hall–Kier alpha value is -0.390. The van der Waals surface area contributed by atoms with Gasteiger partial charge in [-0.15, -0.1) is 0 Å². The van der Waals surface area contributed by atoms with Crippen molar-refractivity contribution in [2.45, 2.75) is 83.5 Å². The Morgan fingerprint density at radius 2 is 1.07 bits per heavy atom. The van der Waals surface area contributed by atoms with Crippen LogP contribution in [0.2, 0.25) is 0 Å². The minimum absolute atomic E-state index is 0. The first-order valence-electron chi connectivity index (χ1n) is 9.05. The maximum Gasteiger partial charge on any atom is 1.00 e. The summed E-state index contributed by atoms with van der Waals surface area (Å²) >= 11 is 0. The van der Waals surface area contributed by atoms with Gasteiger partial charge in [-0.1, -0.05) is 86.6 Å². The molecule has 0 aliphatic carbocycles. The quantitative estimate of drug-likeness (QED) is 0.591. The fourth-order valence-corrected chi connectivity index (χ4v) is 5.04. The molecule has 1 N–H and O–H groups in total. The van der Waals surface area contributed by atoms with Gasteiger partial charge in [-0.05, 0) is 38.3 Å². The summed E-state index contributed by atoms with van der Waals surface area (Å²) in [5, 5.41) is 1.49. The number of hydrogen-bond donors (Lipinski definition) is 1.